The lowest BCUT2D eigenvalue weighted by atomic mass is 9.98. The zero-order valence-electron chi connectivity index (χ0n) is 10.6. The Bertz CT molecular complexity index is 650. The molecule has 0 aliphatic carbocycles. The molecule has 1 atom stereocenters. The summed E-state index contributed by atoms with van der Waals surface area (Å²) in [7, 11) is 0. The van der Waals surface area contributed by atoms with Crippen LogP contribution in [0.2, 0.25) is 0 Å². The van der Waals surface area contributed by atoms with Gasteiger partial charge in [0.15, 0.2) is 0 Å². The van der Waals surface area contributed by atoms with Gasteiger partial charge in [0, 0.05) is 5.57 Å². The fourth-order valence-corrected chi connectivity index (χ4v) is 2.14. The lowest BCUT2D eigenvalue weighted by Crippen LogP contribution is -2.37. The average molecular weight is 267 g/mol. The Kier molecular flexibility index (Phi) is 3.31. The van der Waals surface area contributed by atoms with Crippen molar-refractivity contribution in [3.05, 3.63) is 77.6 Å². The molecule has 0 bridgehead atoms. The van der Waals surface area contributed by atoms with Crippen molar-refractivity contribution in [2.24, 2.45) is 0 Å². The zero-order valence-corrected chi connectivity index (χ0v) is 10.6. The van der Waals surface area contributed by atoms with Gasteiger partial charge in [0.05, 0.1) is 6.04 Å². The highest BCUT2D eigenvalue weighted by molar-refractivity contribution is 6.19. The second kappa shape index (κ2) is 5.27. The van der Waals surface area contributed by atoms with E-state index in [-0.39, 0.29) is 17.8 Å². The van der Waals surface area contributed by atoms with Crippen molar-refractivity contribution in [1.82, 2.24) is 10.9 Å². The van der Waals surface area contributed by atoms with Gasteiger partial charge in [-0.3, -0.25) is 4.79 Å². The monoisotopic (exact) mass is 267 g/mol. The fourth-order valence-electron chi connectivity index (χ4n) is 2.14. The fraction of sp³-hybridized carbons (Fsp3) is 0.0625. The van der Waals surface area contributed by atoms with Gasteiger partial charge in [0.2, 0.25) is 0 Å². The van der Waals surface area contributed by atoms with Crippen LogP contribution in [0, 0.1) is 5.82 Å². The van der Waals surface area contributed by atoms with Crippen LogP contribution in [-0.2, 0) is 4.79 Å². The number of carbonyl (C=O) groups is 1. The average Bonchev–Trinajstić information content (AvgIpc) is 2.50. The summed E-state index contributed by atoms with van der Waals surface area (Å²) in [4.78, 5) is 11.9. The molecule has 1 aliphatic rings. The molecule has 20 heavy (non-hydrogen) atoms. The normalized spacial score (nSPS) is 18.4. The highest BCUT2D eigenvalue weighted by Crippen LogP contribution is 2.24. The predicted octanol–water partition coefficient (Wildman–Crippen LogP) is 2.60. The highest BCUT2D eigenvalue weighted by Gasteiger charge is 2.23. The molecule has 0 saturated heterocycles. The van der Waals surface area contributed by atoms with Gasteiger partial charge in [0.25, 0.3) is 5.91 Å². The number of hydrogen-bond donors (Lipinski definition) is 1. The Labute approximate surface area is 116 Å². The maximum Gasteiger partial charge on any atom is 0.289 e. The summed E-state index contributed by atoms with van der Waals surface area (Å²) in [6.45, 7) is 0. The van der Waals surface area contributed by atoms with E-state index in [9.17, 15) is 9.18 Å². The van der Waals surface area contributed by atoms with Crippen LogP contribution in [0.15, 0.2) is 60.7 Å². The maximum absolute atomic E-state index is 13.0. The minimum atomic E-state index is -0.344. The van der Waals surface area contributed by atoms with Crippen LogP contribution in [0.4, 0.5) is 4.39 Å². The Balaban J connectivity index is 1.97. The molecule has 0 saturated carbocycles. The zero-order chi connectivity index (χ0) is 13.9. The van der Waals surface area contributed by atoms with E-state index in [0.717, 1.165) is 5.56 Å². The van der Waals surface area contributed by atoms with Crippen LogP contribution >= 0.6 is 0 Å². The molecule has 1 amide bonds. The van der Waals surface area contributed by atoms with Crippen molar-refractivity contribution in [3.63, 3.8) is 0 Å². The molecular formula is C16H12FN2O. The third-order valence-corrected chi connectivity index (χ3v) is 3.18. The number of halogens is 1. The molecule has 0 spiro atoms. The molecular weight excluding hydrogens is 255 g/mol. The number of nitrogens with one attached hydrogen (secondary N) is 1. The van der Waals surface area contributed by atoms with Gasteiger partial charge < -0.3 is 0 Å². The predicted molar refractivity (Wildman–Crippen MR) is 73.8 cm³/mol. The summed E-state index contributed by atoms with van der Waals surface area (Å²) in [5, 5.41) is 0. The van der Waals surface area contributed by atoms with Gasteiger partial charge >= 0.3 is 0 Å². The first-order valence-corrected chi connectivity index (χ1v) is 6.27. The SMILES string of the molecule is O=C1[N]NC(c2ccccc2)C=C1c1ccc(F)cc1. The number of carbonyl (C=O) groups excluding carboxylic acids is 1. The van der Waals surface area contributed by atoms with Crippen molar-refractivity contribution in [2.75, 3.05) is 0 Å². The van der Waals surface area contributed by atoms with Crippen molar-refractivity contribution in [2.45, 2.75) is 6.04 Å². The largest absolute Gasteiger partial charge is 0.289 e. The molecule has 2 aromatic rings. The van der Waals surface area contributed by atoms with Crippen LogP contribution in [0.3, 0.4) is 0 Å². The summed E-state index contributed by atoms with van der Waals surface area (Å²) in [6, 6.07) is 15.4. The topological polar surface area (TPSA) is 43.2 Å². The molecule has 1 heterocycles. The third kappa shape index (κ3) is 2.46. The van der Waals surface area contributed by atoms with Crippen LogP contribution in [-0.4, -0.2) is 5.91 Å². The summed E-state index contributed by atoms with van der Waals surface area (Å²) >= 11 is 0. The number of hydrogen-bond acceptors (Lipinski definition) is 2. The van der Waals surface area contributed by atoms with E-state index >= 15 is 0 Å². The minimum absolute atomic E-state index is 0.158. The Hall–Kier alpha value is -2.46. The molecule has 3 nitrogen and oxygen atoms in total. The number of benzene rings is 2. The van der Waals surface area contributed by atoms with E-state index < -0.39 is 0 Å². The molecule has 0 fully saturated rings. The first-order chi connectivity index (χ1) is 9.74. The summed E-state index contributed by atoms with van der Waals surface area (Å²) in [5.41, 5.74) is 8.81. The van der Waals surface area contributed by atoms with Gasteiger partial charge in [-0.25, -0.2) is 4.39 Å². The second-order valence-corrected chi connectivity index (χ2v) is 4.52. The number of rotatable bonds is 2. The van der Waals surface area contributed by atoms with Gasteiger partial charge in [-0.2, -0.15) is 10.9 Å². The molecule has 1 unspecified atom stereocenters. The summed E-state index contributed by atoms with van der Waals surface area (Å²) in [6.07, 6.45) is 1.82. The molecule has 99 valence electrons. The van der Waals surface area contributed by atoms with Crippen molar-refractivity contribution in [3.8, 4) is 0 Å². The number of amides is 1. The lowest BCUT2D eigenvalue weighted by molar-refractivity contribution is -0.117. The van der Waals surface area contributed by atoms with E-state index in [1.165, 1.54) is 12.1 Å². The highest BCUT2D eigenvalue weighted by atomic mass is 19.1. The van der Waals surface area contributed by atoms with Gasteiger partial charge in [-0.05, 0) is 29.3 Å². The third-order valence-electron chi connectivity index (χ3n) is 3.18. The van der Waals surface area contributed by atoms with Crippen molar-refractivity contribution < 1.29 is 9.18 Å². The Morgan fingerprint density at radius 1 is 1.00 bits per heavy atom. The Morgan fingerprint density at radius 3 is 2.40 bits per heavy atom. The van der Waals surface area contributed by atoms with Crippen molar-refractivity contribution in [1.29, 1.82) is 0 Å². The molecule has 1 aliphatic heterocycles. The van der Waals surface area contributed by atoms with E-state index in [2.05, 4.69) is 10.9 Å². The lowest BCUT2D eigenvalue weighted by Gasteiger charge is -2.21. The number of nitrogens with zero attached hydrogens (tertiary/aromatic N) is 1. The van der Waals surface area contributed by atoms with Gasteiger partial charge in [-0.1, -0.05) is 42.5 Å². The van der Waals surface area contributed by atoms with Crippen LogP contribution in [0.5, 0.6) is 0 Å². The van der Waals surface area contributed by atoms with Crippen LogP contribution in [0.25, 0.3) is 5.57 Å². The van der Waals surface area contributed by atoms with E-state index in [1.807, 2.05) is 36.4 Å². The molecule has 1 radical (unpaired) electrons. The molecule has 2 aromatic carbocycles. The smallest absolute Gasteiger partial charge is 0.266 e. The quantitative estimate of drug-likeness (QED) is 0.908. The maximum atomic E-state index is 13.0. The minimum Gasteiger partial charge on any atom is -0.266 e. The summed E-state index contributed by atoms with van der Waals surface area (Å²) in [5.74, 6) is -0.670. The van der Waals surface area contributed by atoms with E-state index in [1.54, 1.807) is 12.1 Å². The van der Waals surface area contributed by atoms with Crippen LogP contribution < -0.4 is 10.9 Å². The summed E-state index contributed by atoms with van der Waals surface area (Å²) < 4.78 is 13.0. The molecule has 0 aromatic heterocycles. The van der Waals surface area contributed by atoms with Crippen molar-refractivity contribution >= 4 is 11.5 Å². The van der Waals surface area contributed by atoms with E-state index in [0.29, 0.717) is 11.1 Å². The first kappa shape index (κ1) is 12.6. The first-order valence-electron chi connectivity index (χ1n) is 6.27. The van der Waals surface area contributed by atoms with Gasteiger partial charge in [-0.15, -0.1) is 0 Å². The van der Waals surface area contributed by atoms with Gasteiger partial charge in [0.1, 0.15) is 5.82 Å². The van der Waals surface area contributed by atoms with Crippen LogP contribution in [0.1, 0.15) is 17.2 Å². The second-order valence-electron chi connectivity index (χ2n) is 4.52. The molecule has 4 heteroatoms. The molecule has 3 rings (SSSR count). The molecule has 1 N–H and O–H groups in total. The van der Waals surface area contributed by atoms with E-state index in [4.69, 9.17) is 0 Å². The standard InChI is InChI=1S/C16H12FN2O/c17-13-8-6-11(7-9-13)14-10-15(18-19-16(14)20)12-4-2-1-3-5-12/h1-10,15,18H. The Morgan fingerprint density at radius 2 is 1.70 bits per heavy atom.